The normalized spacial score (nSPS) is 14.1. The van der Waals surface area contributed by atoms with Gasteiger partial charge < -0.3 is 19.9 Å². The third-order valence-electron chi connectivity index (χ3n) is 6.63. The van der Waals surface area contributed by atoms with Gasteiger partial charge in [0.15, 0.2) is 0 Å². The van der Waals surface area contributed by atoms with Crippen LogP contribution in [0.1, 0.15) is 38.2 Å². The largest absolute Gasteiger partial charge is 0.496 e. The minimum absolute atomic E-state index is 0.0442. The summed E-state index contributed by atoms with van der Waals surface area (Å²) in [7, 11) is 1.64. The highest BCUT2D eigenvalue weighted by Crippen LogP contribution is 2.19. The van der Waals surface area contributed by atoms with Gasteiger partial charge in [0.05, 0.1) is 12.8 Å². The van der Waals surface area contributed by atoms with Crippen molar-refractivity contribution in [2.45, 2.75) is 32.6 Å². The van der Waals surface area contributed by atoms with E-state index in [1.54, 1.807) is 12.0 Å². The molecular weight excluding hydrogens is 490 g/mol. The molecule has 1 aliphatic heterocycles. The smallest absolute Gasteiger partial charge is 0.322 e. The lowest BCUT2D eigenvalue weighted by atomic mass is 10.1. The molecule has 0 atom stereocenters. The lowest BCUT2D eigenvalue weighted by Crippen LogP contribution is -2.51. The van der Waals surface area contributed by atoms with Crippen LogP contribution in [0.4, 0.5) is 19.3 Å². The first-order valence-corrected chi connectivity index (χ1v) is 13.2. The molecule has 1 N–H and O–H groups in total. The monoisotopic (exact) mass is 528 g/mol. The first-order chi connectivity index (χ1) is 18.4. The molecule has 9 heteroatoms. The number of carbonyl (C=O) groups excluding carboxylic acids is 2. The van der Waals surface area contributed by atoms with Crippen LogP contribution < -0.4 is 10.1 Å². The Morgan fingerprint density at radius 1 is 1.08 bits per heavy atom. The summed E-state index contributed by atoms with van der Waals surface area (Å²) < 4.78 is 32.4. The number of ether oxygens (including phenoxy) is 1. The van der Waals surface area contributed by atoms with Crippen molar-refractivity contribution in [2.24, 2.45) is 0 Å². The van der Waals surface area contributed by atoms with E-state index in [0.717, 1.165) is 42.7 Å². The number of para-hydroxylation sites is 1. The Morgan fingerprint density at radius 2 is 1.84 bits per heavy atom. The van der Waals surface area contributed by atoms with Crippen LogP contribution in [0.3, 0.4) is 0 Å². The highest BCUT2D eigenvalue weighted by Gasteiger charge is 2.23. The molecular formula is C29H38F2N4O3. The summed E-state index contributed by atoms with van der Waals surface area (Å²) in [6.07, 6.45) is 7.47. The van der Waals surface area contributed by atoms with Crippen molar-refractivity contribution in [3.05, 3.63) is 65.7 Å². The Hall–Kier alpha value is -3.46. The van der Waals surface area contributed by atoms with Crippen molar-refractivity contribution in [2.75, 3.05) is 58.2 Å². The number of amides is 3. The summed E-state index contributed by atoms with van der Waals surface area (Å²) >= 11 is 0. The molecule has 206 valence electrons. The molecule has 0 unspecified atom stereocenters. The molecule has 38 heavy (non-hydrogen) atoms. The Labute approximate surface area is 224 Å². The van der Waals surface area contributed by atoms with E-state index in [2.05, 4.69) is 17.1 Å². The molecule has 0 bridgehead atoms. The van der Waals surface area contributed by atoms with E-state index in [9.17, 15) is 18.4 Å². The number of hydrogen-bond donors (Lipinski definition) is 1. The van der Waals surface area contributed by atoms with Gasteiger partial charge in [-0.05, 0) is 24.6 Å². The molecule has 2 aromatic rings. The number of rotatable bonds is 12. The van der Waals surface area contributed by atoms with Gasteiger partial charge in [0.25, 0.3) is 0 Å². The van der Waals surface area contributed by atoms with Crippen LogP contribution >= 0.6 is 0 Å². The number of piperazine rings is 1. The molecule has 0 saturated carbocycles. The number of urea groups is 1. The van der Waals surface area contributed by atoms with E-state index in [-0.39, 0.29) is 11.6 Å². The minimum atomic E-state index is -0.805. The van der Waals surface area contributed by atoms with E-state index >= 15 is 0 Å². The van der Waals surface area contributed by atoms with E-state index < -0.39 is 17.7 Å². The van der Waals surface area contributed by atoms with Gasteiger partial charge in [0, 0.05) is 63.9 Å². The fourth-order valence-electron chi connectivity index (χ4n) is 4.33. The lowest BCUT2D eigenvalue weighted by molar-refractivity contribution is -0.131. The van der Waals surface area contributed by atoms with E-state index in [4.69, 9.17) is 4.74 Å². The number of hydrogen-bond acceptors (Lipinski definition) is 4. The predicted molar refractivity (Wildman–Crippen MR) is 146 cm³/mol. The Balaban J connectivity index is 1.51. The van der Waals surface area contributed by atoms with Crippen molar-refractivity contribution < 1.29 is 23.1 Å². The second-order valence-corrected chi connectivity index (χ2v) is 9.32. The topological polar surface area (TPSA) is 65.1 Å². The quantitative estimate of drug-likeness (QED) is 0.383. The molecule has 1 fully saturated rings. The maximum absolute atomic E-state index is 13.9. The zero-order valence-electron chi connectivity index (χ0n) is 22.3. The first kappa shape index (κ1) is 29.1. The molecule has 2 aromatic carbocycles. The summed E-state index contributed by atoms with van der Waals surface area (Å²) in [6, 6.07) is 10.4. The van der Waals surface area contributed by atoms with Gasteiger partial charge in [-0.1, -0.05) is 50.1 Å². The summed E-state index contributed by atoms with van der Waals surface area (Å²) in [5.74, 6) is -0.571. The summed E-state index contributed by atoms with van der Waals surface area (Å²) in [5.41, 5.74) is 0.917. The molecule has 1 saturated heterocycles. The van der Waals surface area contributed by atoms with Gasteiger partial charge in [-0.2, -0.15) is 0 Å². The summed E-state index contributed by atoms with van der Waals surface area (Å²) in [5, 5.41) is 2.51. The second kappa shape index (κ2) is 15.1. The molecule has 7 nitrogen and oxygen atoms in total. The van der Waals surface area contributed by atoms with Gasteiger partial charge in [-0.25, -0.2) is 13.6 Å². The van der Waals surface area contributed by atoms with Crippen molar-refractivity contribution in [1.29, 1.82) is 0 Å². The molecule has 3 rings (SSSR count). The average molecular weight is 529 g/mol. The minimum Gasteiger partial charge on any atom is -0.496 e. The van der Waals surface area contributed by atoms with Crippen molar-refractivity contribution >= 4 is 23.7 Å². The Kier molecular flexibility index (Phi) is 11.5. The number of halogens is 2. The molecule has 3 amide bonds. The molecule has 1 heterocycles. The van der Waals surface area contributed by atoms with Gasteiger partial charge in [-0.15, -0.1) is 0 Å². The van der Waals surface area contributed by atoms with Crippen LogP contribution in [0, 0.1) is 11.6 Å². The molecule has 0 aliphatic carbocycles. The fourth-order valence-corrected chi connectivity index (χ4v) is 4.33. The van der Waals surface area contributed by atoms with Crippen LogP contribution in [0.25, 0.3) is 6.08 Å². The number of unbranched alkanes of at least 4 members (excludes halogenated alkanes) is 2. The van der Waals surface area contributed by atoms with E-state index in [0.29, 0.717) is 52.2 Å². The van der Waals surface area contributed by atoms with Gasteiger partial charge in [0.1, 0.15) is 17.4 Å². The van der Waals surface area contributed by atoms with Gasteiger partial charge in [-0.3, -0.25) is 9.69 Å². The standard InChI is InChI=1S/C29H38F2N4O3/c1-3-4-5-12-28(36)34(15-8-10-23-9-6-7-11-27(23)38-2)19-16-33-17-20-35(21-18-33)29(37)32-26-14-13-24(30)22-25(26)31/h6-11,13-14,22H,3-5,12,15-21H2,1-2H3,(H,32,37)/b10-8+. The molecule has 1 aliphatic rings. The maximum atomic E-state index is 13.9. The van der Waals surface area contributed by atoms with Crippen LogP contribution in [0.15, 0.2) is 48.5 Å². The summed E-state index contributed by atoms with van der Waals surface area (Å²) in [4.78, 5) is 31.2. The number of carbonyl (C=O) groups is 2. The van der Waals surface area contributed by atoms with Crippen LogP contribution in [0.5, 0.6) is 5.75 Å². The van der Waals surface area contributed by atoms with E-state index in [1.807, 2.05) is 41.3 Å². The highest BCUT2D eigenvalue weighted by atomic mass is 19.1. The first-order valence-electron chi connectivity index (χ1n) is 13.2. The van der Waals surface area contributed by atoms with Crippen molar-refractivity contribution in [1.82, 2.24) is 14.7 Å². The third kappa shape index (κ3) is 8.83. The molecule has 0 radical (unpaired) electrons. The number of benzene rings is 2. The second-order valence-electron chi connectivity index (χ2n) is 9.32. The van der Waals surface area contributed by atoms with Crippen LogP contribution in [-0.2, 0) is 4.79 Å². The zero-order chi connectivity index (χ0) is 27.3. The Bertz CT molecular complexity index is 1090. The maximum Gasteiger partial charge on any atom is 0.322 e. The van der Waals surface area contributed by atoms with Crippen LogP contribution in [0.2, 0.25) is 0 Å². The lowest BCUT2D eigenvalue weighted by Gasteiger charge is -2.35. The number of nitrogens with zero attached hydrogens (tertiary/aromatic N) is 3. The van der Waals surface area contributed by atoms with Crippen LogP contribution in [-0.4, -0.2) is 79.6 Å². The fraction of sp³-hybridized carbons (Fsp3) is 0.448. The van der Waals surface area contributed by atoms with Gasteiger partial charge in [0.2, 0.25) is 5.91 Å². The number of anilines is 1. The summed E-state index contributed by atoms with van der Waals surface area (Å²) in [6.45, 7) is 6.17. The number of methoxy groups -OCH3 is 1. The molecule has 0 aromatic heterocycles. The van der Waals surface area contributed by atoms with Crippen molar-refractivity contribution in [3.8, 4) is 5.75 Å². The number of nitrogens with one attached hydrogen (secondary N) is 1. The van der Waals surface area contributed by atoms with Crippen molar-refractivity contribution in [3.63, 3.8) is 0 Å². The SMILES string of the molecule is CCCCCC(=O)N(C/C=C/c1ccccc1OC)CCN1CCN(C(=O)Nc2ccc(F)cc2F)CC1. The average Bonchev–Trinajstić information content (AvgIpc) is 2.92. The van der Waals surface area contributed by atoms with Gasteiger partial charge >= 0.3 is 6.03 Å². The third-order valence-corrected chi connectivity index (χ3v) is 6.63. The molecule has 0 spiro atoms. The highest BCUT2D eigenvalue weighted by molar-refractivity contribution is 5.89. The van der Waals surface area contributed by atoms with E-state index in [1.165, 1.54) is 6.07 Å². The zero-order valence-corrected chi connectivity index (χ0v) is 22.3. The predicted octanol–water partition coefficient (Wildman–Crippen LogP) is 5.25. The Morgan fingerprint density at radius 3 is 2.55 bits per heavy atom.